The van der Waals surface area contributed by atoms with Crippen molar-refractivity contribution in [3.05, 3.63) is 64.1 Å². The third kappa shape index (κ3) is 2.95. The fourth-order valence-corrected chi connectivity index (χ4v) is 3.11. The molecule has 0 aliphatic carbocycles. The first kappa shape index (κ1) is 14.1. The number of benzene rings is 2. The van der Waals surface area contributed by atoms with Gasteiger partial charge in [-0.15, -0.1) is 0 Å². The summed E-state index contributed by atoms with van der Waals surface area (Å²) in [6.45, 7) is 2.67. The van der Waals surface area contributed by atoms with Crippen LogP contribution in [0.4, 0.5) is 5.69 Å². The molecule has 3 nitrogen and oxygen atoms in total. The van der Waals surface area contributed by atoms with Gasteiger partial charge in [-0.2, -0.15) is 0 Å². The topological polar surface area (TPSA) is 41.1 Å². The Morgan fingerprint density at radius 2 is 2.10 bits per heavy atom. The number of carbonyl (C=O) groups excluding carboxylic acids is 1. The number of para-hydroxylation sites is 1. The molecular weight excluding hydrogens is 328 g/mol. The zero-order valence-electron chi connectivity index (χ0n) is 11.8. The maximum absolute atomic E-state index is 12.5. The molecule has 2 N–H and O–H groups in total. The van der Waals surface area contributed by atoms with E-state index >= 15 is 0 Å². The Morgan fingerprint density at radius 3 is 2.90 bits per heavy atom. The molecule has 0 fully saturated rings. The first-order valence-electron chi connectivity index (χ1n) is 7.04. The van der Waals surface area contributed by atoms with Gasteiger partial charge in [0.05, 0.1) is 12.0 Å². The number of nitrogens with one attached hydrogen (secondary N) is 2. The summed E-state index contributed by atoms with van der Waals surface area (Å²) in [5.41, 5.74) is 3.24. The highest BCUT2D eigenvalue weighted by atomic mass is 79.9. The zero-order chi connectivity index (χ0) is 14.8. The van der Waals surface area contributed by atoms with Crippen molar-refractivity contribution in [3.63, 3.8) is 0 Å². The van der Waals surface area contributed by atoms with Crippen LogP contribution in [-0.2, 0) is 4.79 Å². The van der Waals surface area contributed by atoms with Crippen LogP contribution in [0.15, 0.2) is 53.0 Å². The lowest BCUT2D eigenvalue weighted by Crippen LogP contribution is -2.32. The van der Waals surface area contributed by atoms with E-state index in [4.69, 9.17) is 0 Å². The highest BCUT2D eigenvalue weighted by Gasteiger charge is 2.28. The molecule has 4 heteroatoms. The normalized spacial score (nSPS) is 17.7. The molecule has 0 saturated carbocycles. The highest BCUT2D eigenvalue weighted by Crippen LogP contribution is 2.31. The summed E-state index contributed by atoms with van der Waals surface area (Å²) in [5.74, 6) is -0.0456. The number of hydrogen-bond donors (Lipinski definition) is 2. The van der Waals surface area contributed by atoms with Gasteiger partial charge in [0.1, 0.15) is 0 Å². The number of halogens is 1. The van der Waals surface area contributed by atoms with E-state index in [1.54, 1.807) is 0 Å². The largest absolute Gasteiger partial charge is 0.384 e. The van der Waals surface area contributed by atoms with E-state index in [1.165, 1.54) is 0 Å². The summed E-state index contributed by atoms with van der Waals surface area (Å²) in [4.78, 5) is 12.5. The van der Waals surface area contributed by atoms with Gasteiger partial charge < -0.3 is 10.6 Å². The summed E-state index contributed by atoms with van der Waals surface area (Å²) in [7, 11) is 0. The molecule has 1 aliphatic heterocycles. The standard InChI is InChI=1S/C17H17BrN2O/c1-11(12-5-4-6-13(18)9-12)20-17(21)15-10-19-16-8-3-2-7-14(15)16/h2-9,11,15,19H,10H2,1H3,(H,20,21)/t11-,15?/m1/s1. The Hall–Kier alpha value is -1.81. The fraction of sp³-hybridized carbons (Fsp3) is 0.235. The summed E-state index contributed by atoms with van der Waals surface area (Å²) in [6.07, 6.45) is 0. The van der Waals surface area contributed by atoms with Gasteiger partial charge >= 0.3 is 0 Å². The molecule has 1 unspecified atom stereocenters. The van der Waals surface area contributed by atoms with E-state index in [2.05, 4.69) is 26.6 Å². The molecule has 1 aliphatic rings. The highest BCUT2D eigenvalue weighted by molar-refractivity contribution is 9.10. The van der Waals surface area contributed by atoms with E-state index in [1.807, 2.05) is 55.5 Å². The number of anilines is 1. The van der Waals surface area contributed by atoms with Crippen molar-refractivity contribution in [2.45, 2.75) is 18.9 Å². The molecule has 0 aromatic heterocycles. The van der Waals surface area contributed by atoms with Crippen LogP contribution in [0, 0.1) is 0 Å². The molecular formula is C17H17BrN2O. The van der Waals surface area contributed by atoms with Crippen molar-refractivity contribution in [1.82, 2.24) is 5.32 Å². The van der Waals surface area contributed by atoms with Crippen molar-refractivity contribution >= 4 is 27.5 Å². The minimum absolute atomic E-state index is 0.0113. The van der Waals surface area contributed by atoms with Crippen molar-refractivity contribution < 1.29 is 4.79 Å². The first-order valence-corrected chi connectivity index (χ1v) is 7.83. The molecule has 0 saturated heterocycles. The number of rotatable bonds is 3. The quantitative estimate of drug-likeness (QED) is 0.888. The summed E-state index contributed by atoms with van der Waals surface area (Å²) in [6, 6.07) is 16.0. The van der Waals surface area contributed by atoms with Crippen LogP contribution in [-0.4, -0.2) is 12.5 Å². The zero-order valence-corrected chi connectivity index (χ0v) is 13.4. The monoisotopic (exact) mass is 344 g/mol. The van der Waals surface area contributed by atoms with Gasteiger partial charge in [-0.25, -0.2) is 0 Å². The fourth-order valence-electron chi connectivity index (χ4n) is 2.69. The SMILES string of the molecule is C[C@@H](NC(=O)C1CNc2ccccc21)c1cccc(Br)c1. The van der Waals surface area contributed by atoms with Crippen LogP contribution >= 0.6 is 15.9 Å². The Balaban J connectivity index is 1.73. The van der Waals surface area contributed by atoms with Gasteiger partial charge in [-0.3, -0.25) is 4.79 Å². The van der Waals surface area contributed by atoms with E-state index < -0.39 is 0 Å². The van der Waals surface area contributed by atoms with Gasteiger partial charge in [-0.1, -0.05) is 46.3 Å². The molecule has 2 atom stereocenters. The van der Waals surface area contributed by atoms with Crippen LogP contribution in [0.5, 0.6) is 0 Å². The van der Waals surface area contributed by atoms with E-state index in [0.29, 0.717) is 6.54 Å². The molecule has 21 heavy (non-hydrogen) atoms. The van der Waals surface area contributed by atoms with E-state index in [0.717, 1.165) is 21.3 Å². The number of carbonyl (C=O) groups is 1. The maximum Gasteiger partial charge on any atom is 0.229 e. The maximum atomic E-state index is 12.5. The predicted octanol–water partition coefficient (Wildman–Crippen LogP) is 3.84. The Labute approximate surface area is 132 Å². The number of amides is 1. The van der Waals surface area contributed by atoms with Crippen molar-refractivity contribution in [2.24, 2.45) is 0 Å². The molecule has 0 radical (unpaired) electrons. The molecule has 108 valence electrons. The van der Waals surface area contributed by atoms with E-state index in [9.17, 15) is 4.79 Å². The molecule has 2 aromatic rings. The smallest absolute Gasteiger partial charge is 0.229 e. The second-order valence-electron chi connectivity index (χ2n) is 5.31. The van der Waals surface area contributed by atoms with Crippen molar-refractivity contribution in [2.75, 3.05) is 11.9 Å². The first-order chi connectivity index (χ1) is 10.1. The molecule has 0 spiro atoms. The lowest BCUT2D eigenvalue weighted by molar-refractivity contribution is -0.122. The van der Waals surface area contributed by atoms with Gasteiger partial charge in [-0.05, 0) is 36.2 Å². The van der Waals surface area contributed by atoms with Gasteiger partial charge in [0, 0.05) is 16.7 Å². The Kier molecular flexibility index (Phi) is 3.97. The third-order valence-corrected chi connectivity index (χ3v) is 4.35. The summed E-state index contributed by atoms with van der Waals surface area (Å²) < 4.78 is 1.02. The predicted molar refractivity (Wildman–Crippen MR) is 88.4 cm³/mol. The van der Waals surface area contributed by atoms with Gasteiger partial charge in [0.2, 0.25) is 5.91 Å². The third-order valence-electron chi connectivity index (χ3n) is 3.86. The van der Waals surface area contributed by atoms with Crippen LogP contribution in [0.25, 0.3) is 0 Å². The molecule has 1 amide bonds. The van der Waals surface area contributed by atoms with E-state index in [-0.39, 0.29) is 17.9 Å². The van der Waals surface area contributed by atoms with Crippen LogP contribution < -0.4 is 10.6 Å². The Bertz CT molecular complexity index is 671. The molecule has 3 rings (SSSR count). The van der Waals surface area contributed by atoms with Crippen molar-refractivity contribution in [3.8, 4) is 0 Å². The van der Waals surface area contributed by atoms with Crippen LogP contribution in [0.2, 0.25) is 0 Å². The molecule has 2 aromatic carbocycles. The lowest BCUT2D eigenvalue weighted by Gasteiger charge is -2.18. The summed E-state index contributed by atoms with van der Waals surface area (Å²) >= 11 is 3.46. The number of fused-ring (bicyclic) bond motifs is 1. The summed E-state index contributed by atoms with van der Waals surface area (Å²) in [5, 5.41) is 6.39. The van der Waals surface area contributed by atoms with Gasteiger partial charge in [0.15, 0.2) is 0 Å². The second kappa shape index (κ2) is 5.90. The average Bonchev–Trinajstić information content (AvgIpc) is 2.91. The van der Waals surface area contributed by atoms with Gasteiger partial charge in [0.25, 0.3) is 0 Å². The van der Waals surface area contributed by atoms with Crippen molar-refractivity contribution in [1.29, 1.82) is 0 Å². The number of hydrogen-bond acceptors (Lipinski definition) is 2. The lowest BCUT2D eigenvalue weighted by atomic mass is 9.99. The molecule has 1 heterocycles. The van der Waals surface area contributed by atoms with Crippen LogP contribution in [0.1, 0.15) is 30.0 Å². The van der Waals surface area contributed by atoms with Crippen LogP contribution in [0.3, 0.4) is 0 Å². The molecule has 0 bridgehead atoms. The average molecular weight is 345 g/mol. The minimum Gasteiger partial charge on any atom is -0.384 e. The minimum atomic E-state index is -0.115. The Morgan fingerprint density at radius 1 is 1.29 bits per heavy atom. The second-order valence-corrected chi connectivity index (χ2v) is 6.22.